The molecule has 0 bridgehead atoms. The highest BCUT2D eigenvalue weighted by molar-refractivity contribution is 5.63. The monoisotopic (exact) mass is 284 g/mol. The van der Waals surface area contributed by atoms with E-state index in [4.69, 9.17) is 4.74 Å². The van der Waals surface area contributed by atoms with Crippen LogP contribution in [-0.2, 0) is 6.42 Å². The smallest absolute Gasteiger partial charge is 0.204 e. The van der Waals surface area contributed by atoms with Crippen molar-refractivity contribution in [1.29, 1.82) is 0 Å². The Morgan fingerprint density at radius 3 is 2.67 bits per heavy atom. The number of nitrogens with zero attached hydrogens (tertiary/aromatic N) is 2. The van der Waals surface area contributed by atoms with Crippen molar-refractivity contribution in [1.82, 2.24) is 9.97 Å². The molecule has 0 amide bonds. The van der Waals surface area contributed by atoms with Gasteiger partial charge in [0.1, 0.15) is 6.33 Å². The summed E-state index contributed by atoms with van der Waals surface area (Å²) in [6.45, 7) is 3.68. The van der Waals surface area contributed by atoms with Gasteiger partial charge in [-0.05, 0) is 24.5 Å². The number of aromatic nitrogens is 2. The Bertz CT molecular complexity index is 629. The molecule has 0 saturated carbocycles. The van der Waals surface area contributed by atoms with Gasteiger partial charge in [0.2, 0.25) is 5.75 Å². The average molecular weight is 284 g/mol. The largest absolute Gasteiger partial charge is 0.490 e. The lowest BCUT2D eigenvalue weighted by molar-refractivity contribution is 0.414. The number of anilines is 2. The molecule has 1 aliphatic carbocycles. The molecule has 1 aromatic heterocycles. The molecular weight excluding hydrogens is 264 g/mol. The fourth-order valence-electron chi connectivity index (χ4n) is 2.75. The molecule has 0 saturated heterocycles. The maximum atomic E-state index is 5.43. The van der Waals surface area contributed by atoms with Gasteiger partial charge < -0.3 is 15.4 Å². The molecule has 0 radical (unpaired) electrons. The van der Waals surface area contributed by atoms with E-state index >= 15 is 0 Å². The van der Waals surface area contributed by atoms with E-state index in [1.165, 1.54) is 11.1 Å². The van der Waals surface area contributed by atoms with Crippen LogP contribution < -0.4 is 15.4 Å². The van der Waals surface area contributed by atoms with E-state index in [9.17, 15) is 0 Å². The summed E-state index contributed by atoms with van der Waals surface area (Å²) in [4.78, 5) is 8.50. The van der Waals surface area contributed by atoms with Gasteiger partial charge in [-0.1, -0.05) is 24.3 Å². The van der Waals surface area contributed by atoms with Crippen molar-refractivity contribution in [3.63, 3.8) is 0 Å². The maximum absolute atomic E-state index is 5.43. The molecule has 110 valence electrons. The SMILES string of the molecule is CCNc1ncnc(NCC2Cc3ccccc32)c1OC. The summed E-state index contributed by atoms with van der Waals surface area (Å²) in [6.07, 6.45) is 2.67. The Morgan fingerprint density at radius 1 is 1.19 bits per heavy atom. The van der Waals surface area contributed by atoms with E-state index in [0.717, 1.165) is 31.1 Å². The predicted octanol–water partition coefficient (Wildman–Crippen LogP) is 2.67. The molecule has 5 nitrogen and oxygen atoms in total. The zero-order valence-electron chi connectivity index (χ0n) is 12.4. The van der Waals surface area contributed by atoms with Crippen LogP contribution in [0.15, 0.2) is 30.6 Å². The van der Waals surface area contributed by atoms with Crippen LogP contribution >= 0.6 is 0 Å². The van der Waals surface area contributed by atoms with Crippen LogP contribution in [0, 0.1) is 0 Å². The zero-order valence-corrected chi connectivity index (χ0v) is 12.4. The lowest BCUT2D eigenvalue weighted by Crippen LogP contribution is -2.24. The molecule has 1 unspecified atom stereocenters. The Kier molecular flexibility index (Phi) is 3.90. The van der Waals surface area contributed by atoms with E-state index in [1.807, 2.05) is 6.92 Å². The summed E-state index contributed by atoms with van der Waals surface area (Å²) >= 11 is 0. The first kappa shape index (κ1) is 13.7. The minimum Gasteiger partial charge on any atom is -0.490 e. The number of ether oxygens (including phenoxy) is 1. The lowest BCUT2D eigenvalue weighted by atomic mass is 9.77. The van der Waals surface area contributed by atoms with E-state index in [1.54, 1.807) is 13.4 Å². The predicted molar refractivity (Wildman–Crippen MR) is 84.1 cm³/mol. The molecule has 5 heteroatoms. The second kappa shape index (κ2) is 5.99. The van der Waals surface area contributed by atoms with Crippen molar-refractivity contribution in [2.24, 2.45) is 0 Å². The van der Waals surface area contributed by atoms with Crippen molar-refractivity contribution >= 4 is 11.6 Å². The van der Waals surface area contributed by atoms with Crippen LogP contribution in [0.2, 0.25) is 0 Å². The van der Waals surface area contributed by atoms with Gasteiger partial charge in [-0.25, -0.2) is 9.97 Å². The summed E-state index contributed by atoms with van der Waals surface area (Å²) < 4.78 is 5.43. The normalized spacial score (nSPS) is 15.8. The van der Waals surface area contributed by atoms with Gasteiger partial charge in [0.05, 0.1) is 7.11 Å². The third-order valence-electron chi connectivity index (χ3n) is 3.83. The highest BCUT2D eigenvalue weighted by Gasteiger charge is 2.25. The molecule has 0 spiro atoms. The van der Waals surface area contributed by atoms with Gasteiger partial charge in [0.15, 0.2) is 11.6 Å². The fraction of sp³-hybridized carbons (Fsp3) is 0.375. The third kappa shape index (κ3) is 2.63. The van der Waals surface area contributed by atoms with Gasteiger partial charge in [0.25, 0.3) is 0 Å². The van der Waals surface area contributed by atoms with E-state index in [2.05, 4.69) is 44.9 Å². The molecular formula is C16H20N4O. The number of nitrogens with one attached hydrogen (secondary N) is 2. The summed E-state index contributed by atoms with van der Waals surface area (Å²) in [6, 6.07) is 8.59. The van der Waals surface area contributed by atoms with Crippen LogP contribution in [0.4, 0.5) is 11.6 Å². The third-order valence-corrected chi connectivity index (χ3v) is 3.83. The van der Waals surface area contributed by atoms with Crippen LogP contribution in [0.25, 0.3) is 0 Å². The van der Waals surface area contributed by atoms with Crippen molar-refractivity contribution in [3.05, 3.63) is 41.7 Å². The molecule has 1 aromatic carbocycles. The number of rotatable bonds is 6. The van der Waals surface area contributed by atoms with Gasteiger partial charge in [-0.15, -0.1) is 0 Å². The second-order valence-electron chi connectivity index (χ2n) is 5.12. The average Bonchev–Trinajstić information content (AvgIpc) is 2.49. The maximum Gasteiger partial charge on any atom is 0.204 e. The van der Waals surface area contributed by atoms with E-state index < -0.39 is 0 Å². The van der Waals surface area contributed by atoms with Gasteiger partial charge in [-0.3, -0.25) is 0 Å². The summed E-state index contributed by atoms with van der Waals surface area (Å²) in [5.41, 5.74) is 2.89. The Morgan fingerprint density at radius 2 is 1.95 bits per heavy atom. The highest BCUT2D eigenvalue weighted by Crippen LogP contribution is 2.36. The molecule has 1 aliphatic rings. The molecule has 2 aromatic rings. The minimum absolute atomic E-state index is 0.545. The lowest BCUT2D eigenvalue weighted by Gasteiger charge is -2.30. The van der Waals surface area contributed by atoms with Gasteiger partial charge in [0, 0.05) is 19.0 Å². The zero-order chi connectivity index (χ0) is 14.7. The van der Waals surface area contributed by atoms with Crippen molar-refractivity contribution < 1.29 is 4.74 Å². The highest BCUT2D eigenvalue weighted by atomic mass is 16.5. The molecule has 0 fully saturated rings. The number of hydrogen-bond acceptors (Lipinski definition) is 5. The quantitative estimate of drug-likeness (QED) is 0.854. The second-order valence-corrected chi connectivity index (χ2v) is 5.12. The van der Waals surface area contributed by atoms with E-state index in [-0.39, 0.29) is 0 Å². The first-order chi connectivity index (χ1) is 10.3. The number of hydrogen-bond donors (Lipinski definition) is 2. The van der Waals surface area contributed by atoms with E-state index in [0.29, 0.717) is 11.7 Å². The first-order valence-electron chi connectivity index (χ1n) is 7.28. The number of fused-ring (bicyclic) bond motifs is 1. The summed E-state index contributed by atoms with van der Waals surface area (Å²) in [5, 5.41) is 6.57. The summed E-state index contributed by atoms with van der Waals surface area (Å²) in [7, 11) is 1.64. The Labute approximate surface area is 124 Å². The van der Waals surface area contributed by atoms with Gasteiger partial charge in [-0.2, -0.15) is 0 Å². The van der Waals surface area contributed by atoms with Gasteiger partial charge >= 0.3 is 0 Å². The standard InChI is InChI=1S/C16H20N4O/c1-3-17-15-14(21-2)16(20-10-19-15)18-9-12-8-11-6-4-5-7-13(11)12/h4-7,10,12H,3,8-9H2,1-2H3,(H2,17,18,19,20). The molecule has 21 heavy (non-hydrogen) atoms. The number of benzene rings is 1. The van der Waals surface area contributed by atoms with Crippen LogP contribution in [-0.4, -0.2) is 30.2 Å². The Balaban J connectivity index is 1.70. The first-order valence-corrected chi connectivity index (χ1v) is 7.28. The minimum atomic E-state index is 0.545. The van der Waals surface area contributed by atoms with Crippen LogP contribution in [0.5, 0.6) is 5.75 Å². The molecule has 1 atom stereocenters. The van der Waals surface area contributed by atoms with Crippen molar-refractivity contribution in [2.75, 3.05) is 30.8 Å². The van der Waals surface area contributed by atoms with Crippen molar-refractivity contribution in [2.45, 2.75) is 19.3 Å². The Hall–Kier alpha value is -2.30. The summed E-state index contributed by atoms with van der Waals surface area (Å²) in [5.74, 6) is 2.69. The molecule has 1 heterocycles. The topological polar surface area (TPSA) is 59.1 Å². The van der Waals surface area contributed by atoms with Crippen LogP contribution in [0.1, 0.15) is 24.0 Å². The van der Waals surface area contributed by atoms with Crippen molar-refractivity contribution in [3.8, 4) is 5.75 Å². The number of methoxy groups -OCH3 is 1. The fourth-order valence-corrected chi connectivity index (χ4v) is 2.75. The van der Waals surface area contributed by atoms with Crippen LogP contribution in [0.3, 0.4) is 0 Å². The molecule has 0 aliphatic heterocycles. The molecule has 2 N–H and O–H groups in total. The molecule has 3 rings (SSSR count).